The van der Waals surface area contributed by atoms with Crippen molar-refractivity contribution in [3.05, 3.63) is 0 Å². The molecule has 0 saturated heterocycles. The maximum atomic E-state index is 0. The molecule has 0 bridgehead atoms. The van der Waals surface area contributed by atoms with Crippen LogP contribution in [-0.4, -0.2) is 0 Å². The van der Waals surface area contributed by atoms with E-state index in [1.165, 1.54) is 0 Å². The summed E-state index contributed by atoms with van der Waals surface area (Å²) in [6.45, 7) is 0. The van der Waals surface area contributed by atoms with Crippen molar-refractivity contribution in [2.45, 2.75) is 0 Å². The fourth-order valence-corrected chi connectivity index (χ4v) is 0. The van der Waals surface area contributed by atoms with Crippen LogP contribution in [-0.2, 0) is 49.3 Å². The molecule has 0 fully saturated rings. The molecule has 0 aromatic carbocycles. The molecule has 0 aromatic heterocycles. The van der Waals surface area contributed by atoms with Gasteiger partial charge in [0.1, 0.15) is 0 Å². The minimum absolute atomic E-state index is 0. The van der Waals surface area contributed by atoms with Crippen LogP contribution >= 0.6 is 0 Å². The van der Waals surface area contributed by atoms with Crippen LogP contribution in [0.4, 0.5) is 0 Å². The molecule has 0 amide bonds. The minimum atomic E-state index is 0. The normalized spacial score (nSPS) is 0. The molecule has 0 aromatic rings. The number of hydrogen-bond acceptors (Lipinski definition) is 0. The van der Waals surface area contributed by atoms with Gasteiger partial charge in [-0.05, 0) is 0 Å². The van der Waals surface area contributed by atoms with Crippen LogP contribution in [0.15, 0.2) is 0 Å². The molecular weight excluding hydrogens is 1020 g/mol. The predicted molar refractivity (Wildman–Crippen MR) is 6.18 cm³/mol. The summed E-state index contributed by atoms with van der Waals surface area (Å²) >= 11 is 0. The Morgan fingerprint density at radius 3 is 0.267 bits per heavy atom. The molecule has 0 aliphatic carbocycles. The van der Waals surface area contributed by atoms with Crippen LogP contribution < -0.4 is 0 Å². The van der Waals surface area contributed by atoms with E-state index in [9.17, 15) is 0 Å². The first-order chi connectivity index (χ1) is 0. The minimum Gasteiger partial charge on any atom is -2.00 e. The molecule has 0 spiro atoms. The SMILES string of the molecule is [Ce+3].[Ce+3].[La+3].[La+3].[O-2].[O-2].[O-2].[O-2].[O-2].[O-2].[O-2].[O-2].[O-2].[Tb+3].[Tb+3]. The second-order valence-electron chi connectivity index (χ2n) is 0. The third-order valence-electron chi connectivity index (χ3n) is 0. The van der Waals surface area contributed by atoms with E-state index in [1.54, 1.807) is 0 Å². The fourth-order valence-electron chi connectivity index (χ4n) is 0. The first kappa shape index (κ1) is 188. The third-order valence-corrected chi connectivity index (χ3v) is 0. The zero-order chi connectivity index (χ0) is 0. The van der Waals surface area contributed by atoms with Gasteiger partial charge in [0.2, 0.25) is 0 Å². The van der Waals surface area contributed by atoms with E-state index in [-0.39, 0.29) is 281 Å². The van der Waals surface area contributed by atoms with Gasteiger partial charge in [-0.3, -0.25) is 0 Å². The first-order valence-corrected chi connectivity index (χ1v) is 0. The van der Waals surface area contributed by atoms with Gasteiger partial charge < -0.3 is 49.3 Å². The summed E-state index contributed by atoms with van der Waals surface area (Å²) in [6.07, 6.45) is 0. The molecule has 9 nitrogen and oxygen atoms in total. The standard InChI is InChI=1S/2Ce.2La.9O.2Tb/q4*+3;9*-2;2*+3. The van der Waals surface area contributed by atoms with Gasteiger partial charge in [0.25, 0.3) is 0 Å². The molecule has 0 rings (SSSR count). The van der Waals surface area contributed by atoms with Crippen molar-refractivity contribution in [1.29, 1.82) is 0 Å². The molecule has 0 aliphatic rings. The Labute approximate surface area is 273 Å². The summed E-state index contributed by atoms with van der Waals surface area (Å²) in [5.74, 6) is 0. The van der Waals surface area contributed by atoms with E-state index in [0.29, 0.717) is 0 Å². The smallest absolute Gasteiger partial charge is 2.00 e. The van der Waals surface area contributed by atoms with Crippen LogP contribution in [0.1, 0.15) is 0 Å². The average molecular weight is 1020 g/mol. The molecule has 15 heteroatoms. The zero-order valence-electron chi connectivity index (χ0n) is 6.50. The molecular formula is Ce2La2O9Tb2. The zero-order valence-corrected chi connectivity index (χ0v) is 24.3. The third kappa shape index (κ3) is 148. The van der Waals surface area contributed by atoms with E-state index >= 15 is 0 Å². The van der Waals surface area contributed by atoms with E-state index in [4.69, 9.17) is 0 Å². The molecule has 0 unspecified atom stereocenters. The van der Waals surface area contributed by atoms with Crippen LogP contribution in [0.25, 0.3) is 0 Å². The van der Waals surface area contributed by atoms with Gasteiger partial charge in [-0.1, -0.05) is 0 Å². The summed E-state index contributed by atoms with van der Waals surface area (Å²) < 4.78 is 0. The monoisotopic (exact) mass is 1020 g/mol. The number of rotatable bonds is 0. The van der Waals surface area contributed by atoms with Gasteiger partial charge in [-0.25, -0.2) is 0 Å². The van der Waals surface area contributed by atoms with Crippen molar-refractivity contribution >= 4 is 0 Å². The Kier molecular flexibility index (Phi) is 2060. The van der Waals surface area contributed by atoms with Gasteiger partial charge in [-0.15, -0.1) is 0 Å². The van der Waals surface area contributed by atoms with E-state index < -0.39 is 0 Å². The topological polar surface area (TPSA) is 256 Å². The molecule has 0 atom stereocenters. The average Bonchev–Trinajstić information content (AvgIpc) is 0. The van der Waals surface area contributed by atoms with Crippen molar-refractivity contribution in [2.24, 2.45) is 0 Å². The van der Waals surface area contributed by atoms with Crippen molar-refractivity contribution in [1.82, 2.24) is 0 Å². The Balaban J connectivity index is 0. The van der Waals surface area contributed by atoms with Crippen LogP contribution in [0.2, 0.25) is 0 Å². The van der Waals surface area contributed by atoms with Gasteiger partial charge in [0, 0.05) is 0 Å². The second kappa shape index (κ2) is 164. The van der Waals surface area contributed by atoms with Crippen molar-refractivity contribution in [3.8, 4) is 0 Å². The predicted octanol–water partition coefficient (Wildman–Crippen LogP) is -1.07. The van der Waals surface area contributed by atoms with Gasteiger partial charge in [0.15, 0.2) is 0 Å². The van der Waals surface area contributed by atoms with E-state index in [2.05, 4.69) is 0 Å². The maximum absolute atomic E-state index is 0. The Morgan fingerprint density at radius 2 is 0.267 bits per heavy atom. The summed E-state index contributed by atoms with van der Waals surface area (Å²) in [5.41, 5.74) is 0. The second-order valence-corrected chi connectivity index (χ2v) is 0. The van der Waals surface area contributed by atoms with Crippen molar-refractivity contribution < 1.29 is 281 Å². The Morgan fingerprint density at radius 1 is 0.267 bits per heavy atom. The summed E-state index contributed by atoms with van der Waals surface area (Å²) in [7, 11) is 0. The number of hydrogen-bond donors (Lipinski definition) is 0. The largest absolute Gasteiger partial charge is 3.00 e. The van der Waals surface area contributed by atoms with Crippen LogP contribution in [0.5, 0.6) is 0 Å². The molecule has 0 heterocycles. The molecule has 15 heavy (non-hydrogen) atoms. The van der Waals surface area contributed by atoms with E-state index in [0.717, 1.165) is 0 Å². The van der Waals surface area contributed by atoms with Gasteiger partial charge in [-0.2, -0.15) is 0 Å². The maximum Gasteiger partial charge on any atom is 3.00 e. The molecule has 0 N–H and O–H groups in total. The van der Waals surface area contributed by atoms with Crippen LogP contribution in [0, 0.1) is 232 Å². The first-order valence-electron chi connectivity index (χ1n) is 0. The van der Waals surface area contributed by atoms with Crippen molar-refractivity contribution in [3.63, 3.8) is 0 Å². The quantitative estimate of drug-likeness (QED) is 0.281. The fraction of sp³-hybridized carbons (Fsp3) is 0. The van der Waals surface area contributed by atoms with Crippen molar-refractivity contribution in [2.75, 3.05) is 0 Å². The Bertz CT molecular complexity index is 24.1. The van der Waals surface area contributed by atoms with Gasteiger partial charge in [0.05, 0.1) is 0 Å². The van der Waals surface area contributed by atoms with Crippen LogP contribution in [0.3, 0.4) is 0 Å². The van der Waals surface area contributed by atoms with Gasteiger partial charge >= 0.3 is 232 Å². The molecule has 0 aliphatic heterocycles. The summed E-state index contributed by atoms with van der Waals surface area (Å²) in [6, 6.07) is 0. The Hall–Kier alpha value is 7.35. The molecule has 2 radical (unpaired) electrons. The molecule has 0 saturated carbocycles. The summed E-state index contributed by atoms with van der Waals surface area (Å²) in [5, 5.41) is 0. The molecule has 86 valence electrons. The summed E-state index contributed by atoms with van der Waals surface area (Å²) in [4.78, 5) is 0. The van der Waals surface area contributed by atoms with E-state index in [1.807, 2.05) is 0 Å².